The quantitative estimate of drug-likeness (QED) is 0.321. The van der Waals surface area contributed by atoms with Crippen molar-refractivity contribution in [1.82, 2.24) is 0 Å². The molecule has 2 aromatic carbocycles. The standard InChI is InChI=1S/C31H36O2.C2H2O/c1-6-29-25(16-26-17-30(26)29)14-22(5)32-18-23-8-7-9-24(15-23)31-20(3)12-28(13-21(31)4)33-27-10-19(2)11-27;1-2-3/h6-9,12-15,19,26-27,30H,5,10-11,16-18H2,1-4H3;1,3H/b25-14-,29-6+;. The van der Waals surface area contributed by atoms with Crippen molar-refractivity contribution in [3.05, 3.63) is 88.7 Å². The Morgan fingerprint density at radius 2 is 1.86 bits per heavy atom. The van der Waals surface area contributed by atoms with E-state index in [-0.39, 0.29) is 0 Å². The molecule has 0 spiro atoms. The molecule has 0 aromatic heterocycles. The van der Waals surface area contributed by atoms with Crippen LogP contribution < -0.4 is 4.74 Å². The number of allylic oxidation sites excluding steroid dienone is 4. The van der Waals surface area contributed by atoms with E-state index in [0.717, 1.165) is 34.8 Å². The molecule has 2 atom stereocenters. The molecule has 3 aliphatic carbocycles. The van der Waals surface area contributed by atoms with Gasteiger partial charge in [0.15, 0.2) is 0 Å². The molecular weight excluding hydrogens is 444 g/mol. The van der Waals surface area contributed by atoms with E-state index in [4.69, 9.17) is 14.6 Å². The first-order valence-corrected chi connectivity index (χ1v) is 13.0. The average Bonchev–Trinajstić information content (AvgIpc) is 3.48. The Morgan fingerprint density at radius 3 is 2.50 bits per heavy atom. The Hall–Kier alpha value is -3.38. The second kappa shape index (κ2) is 11.1. The van der Waals surface area contributed by atoms with Crippen LogP contribution in [-0.4, -0.2) is 11.2 Å². The van der Waals surface area contributed by atoms with Gasteiger partial charge in [-0.05, 0) is 127 Å². The van der Waals surface area contributed by atoms with Crippen molar-refractivity contribution in [3.63, 3.8) is 0 Å². The number of hydrogen-bond acceptors (Lipinski definition) is 3. The molecule has 1 N–H and O–H groups in total. The third-order valence-electron chi connectivity index (χ3n) is 7.60. The van der Waals surface area contributed by atoms with Gasteiger partial charge in [-0.2, -0.15) is 0 Å². The van der Waals surface area contributed by atoms with E-state index in [2.05, 4.69) is 89.2 Å². The zero-order chi connectivity index (χ0) is 25.8. The lowest BCUT2D eigenvalue weighted by Gasteiger charge is -2.33. The summed E-state index contributed by atoms with van der Waals surface area (Å²) < 4.78 is 12.3. The molecule has 5 rings (SSSR count). The van der Waals surface area contributed by atoms with Gasteiger partial charge in [0.05, 0.1) is 6.10 Å². The molecule has 2 aromatic rings. The lowest BCUT2D eigenvalue weighted by molar-refractivity contribution is 0.0738. The molecule has 3 heteroatoms. The fourth-order valence-corrected chi connectivity index (χ4v) is 5.83. The highest BCUT2D eigenvalue weighted by Crippen LogP contribution is 2.57. The summed E-state index contributed by atoms with van der Waals surface area (Å²) in [4.78, 5) is 0. The minimum absolute atomic E-state index is 0.382. The number of rotatable bonds is 7. The largest absolute Gasteiger partial charge is 0.490 e. The minimum atomic E-state index is 0.382. The number of aliphatic hydroxyl groups excluding tert-OH is 1. The Bertz CT molecular complexity index is 1200. The van der Waals surface area contributed by atoms with Crippen molar-refractivity contribution in [2.45, 2.75) is 66.1 Å². The van der Waals surface area contributed by atoms with Crippen LogP contribution in [0.25, 0.3) is 11.1 Å². The van der Waals surface area contributed by atoms with Crippen molar-refractivity contribution in [2.75, 3.05) is 0 Å². The van der Waals surface area contributed by atoms with E-state index in [1.54, 1.807) is 0 Å². The predicted molar refractivity (Wildman–Crippen MR) is 147 cm³/mol. The molecule has 188 valence electrons. The number of terminal acetylenes is 1. The first-order valence-electron chi connectivity index (χ1n) is 13.0. The Morgan fingerprint density at radius 1 is 1.17 bits per heavy atom. The number of fused-ring (bicyclic) bond motifs is 1. The van der Waals surface area contributed by atoms with Crippen LogP contribution in [0.5, 0.6) is 5.75 Å². The molecule has 3 fully saturated rings. The summed E-state index contributed by atoms with van der Waals surface area (Å²) in [6.45, 7) is 13.5. The number of aryl methyl sites for hydroxylation is 2. The summed E-state index contributed by atoms with van der Waals surface area (Å²) >= 11 is 0. The second-order valence-corrected chi connectivity index (χ2v) is 10.6. The van der Waals surface area contributed by atoms with E-state index in [1.807, 2.05) is 0 Å². The lowest BCUT2D eigenvalue weighted by atomic mass is 9.84. The van der Waals surface area contributed by atoms with E-state index in [9.17, 15) is 0 Å². The summed E-state index contributed by atoms with van der Waals surface area (Å²) in [7, 11) is 0. The van der Waals surface area contributed by atoms with Gasteiger partial charge in [-0.3, -0.25) is 0 Å². The first kappa shape index (κ1) is 25.7. The van der Waals surface area contributed by atoms with Crippen molar-refractivity contribution in [2.24, 2.45) is 17.8 Å². The van der Waals surface area contributed by atoms with Gasteiger partial charge < -0.3 is 14.6 Å². The van der Waals surface area contributed by atoms with Crippen LogP contribution in [-0.2, 0) is 11.3 Å². The smallest absolute Gasteiger partial charge is 0.120 e. The highest BCUT2D eigenvalue weighted by atomic mass is 16.5. The molecule has 0 amide bonds. The van der Waals surface area contributed by atoms with E-state index in [0.29, 0.717) is 12.7 Å². The molecule has 3 saturated carbocycles. The fourth-order valence-electron chi connectivity index (χ4n) is 5.83. The summed E-state index contributed by atoms with van der Waals surface area (Å²) in [5, 5.41) is 7.10. The summed E-state index contributed by atoms with van der Waals surface area (Å²) in [6, 6.07) is 13.1. The van der Waals surface area contributed by atoms with E-state index < -0.39 is 0 Å². The van der Waals surface area contributed by atoms with Crippen molar-refractivity contribution < 1.29 is 14.6 Å². The molecule has 0 saturated heterocycles. The van der Waals surface area contributed by atoms with Crippen molar-refractivity contribution >= 4 is 0 Å². The normalized spacial score (nSPS) is 25.8. The highest BCUT2D eigenvalue weighted by molar-refractivity contribution is 5.72. The zero-order valence-corrected chi connectivity index (χ0v) is 22.0. The Balaban J connectivity index is 0.000000967. The van der Waals surface area contributed by atoms with Gasteiger partial charge in [0.25, 0.3) is 0 Å². The van der Waals surface area contributed by atoms with Crippen LogP contribution in [0.15, 0.2) is 72.0 Å². The first-order chi connectivity index (χ1) is 17.3. The molecular formula is C33H38O3. The van der Waals surface area contributed by atoms with E-state index in [1.165, 1.54) is 65.2 Å². The maximum Gasteiger partial charge on any atom is 0.120 e. The number of aliphatic hydroxyl groups is 1. The van der Waals surface area contributed by atoms with Crippen molar-refractivity contribution in [1.29, 1.82) is 0 Å². The van der Waals surface area contributed by atoms with Gasteiger partial charge in [0.2, 0.25) is 0 Å². The average molecular weight is 483 g/mol. The summed E-state index contributed by atoms with van der Waals surface area (Å²) in [5.41, 5.74) is 9.11. The van der Waals surface area contributed by atoms with Gasteiger partial charge in [-0.1, -0.05) is 44.2 Å². The molecule has 0 aliphatic heterocycles. The maximum absolute atomic E-state index is 7.10. The third kappa shape index (κ3) is 5.88. The molecule has 0 heterocycles. The van der Waals surface area contributed by atoms with Crippen LogP contribution in [0.4, 0.5) is 0 Å². The van der Waals surface area contributed by atoms with Gasteiger partial charge in [0, 0.05) is 0 Å². The molecule has 0 bridgehead atoms. The SMILES string of the molecule is C#CO.C=C(/C=C1/CC2CC2/C1=C/C)OCc1cccc(-c2c(C)cc(OC3CC(C)C3)cc2C)c1. The van der Waals surface area contributed by atoms with Crippen LogP contribution >= 0.6 is 0 Å². The number of benzene rings is 2. The molecule has 0 radical (unpaired) electrons. The van der Waals surface area contributed by atoms with Crippen LogP contribution in [0.2, 0.25) is 0 Å². The lowest BCUT2D eigenvalue weighted by Crippen LogP contribution is -2.31. The predicted octanol–water partition coefficient (Wildman–Crippen LogP) is 8.04. The monoisotopic (exact) mass is 482 g/mol. The van der Waals surface area contributed by atoms with E-state index >= 15 is 0 Å². The Kier molecular flexibility index (Phi) is 7.94. The molecule has 36 heavy (non-hydrogen) atoms. The second-order valence-electron chi connectivity index (χ2n) is 10.6. The summed E-state index contributed by atoms with van der Waals surface area (Å²) in [5.74, 6) is 4.22. The number of ether oxygens (including phenoxy) is 2. The molecule has 3 aliphatic rings. The fraction of sp³-hybridized carbons (Fsp3) is 0.394. The molecule has 3 nitrogen and oxygen atoms in total. The molecule has 2 unspecified atom stereocenters. The summed E-state index contributed by atoms with van der Waals surface area (Å²) in [6.07, 6.45) is 15.1. The third-order valence-corrected chi connectivity index (χ3v) is 7.60. The van der Waals surface area contributed by atoms with Crippen LogP contribution in [0.3, 0.4) is 0 Å². The highest BCUT2D eigenvalue weighted by Gasteiger charge is 2.46. The van der Waals surface area contributed by atoms with Crippen molar-refractivity contribution in [3.8, 4) is 29.4 Å². The van der Waals surface area contributed by atoms with Gasteiger partial charge in [0.1, 0.15) is 24.2 Å². The van der Waals surface area contributed by atoms with Gasteiger partial charge in [-0.15, -0.1) is 0 Å². The van der Waals surface area contributed by atoms with Gasteiger partial charge in [-0.25, -0.2) is 0 Å². The minimum Gasteiger partial charge on any atom is -0.490 e. The number of hydrogen-bond donors (Lipinski definition) is 1. The topological polar surface area (TPSA) is 38.7 Å². The van der Waals surface area contributed by atoms with Crippen LogP contribution in [0.1, 0.15) is 56.2 Å². The maximum atomic E-state index is 7.10. The Labute approximate surface area is 216 Å². The van der Waals surface area contributed by atoms with Crippen LogP contribution in [0, 0.1) is 44.1 Å². The van der Waals surface area contributed by atoms with Gasteiger partial charge >= 0.3 is 0 Å². The zero-order valence-electron chi connectivity index (χ0n) is 22.0.